The van der Waals surface area contributed by atoms with E-state index in [-0.39, 0.29) is 11.6 Å². The van der Waals surface area contributed by atoms with E-state index in [1.54, 1.807) is 13.2 Å². The highest BCUT2D eigenvalue weighted by Gasteiger charge is 2.10. The van der Waals surface area contributed by atoms with Gasteiger partial charge >= 0.3 is 5.97 Å². The zero-order chi connectivity index (χ0) is 15.4. The summed E-state index contributed by atoms with van der Waals surface area (Å²) >= 11 is 0. The average molecular weight is 286 g/mol. The van der Waals surface area contributed by atoms with E-state index in [1.807, 2.05) is 31.2 Å². The van der Waals surface area contributed by atoms with Crippen molar-refractivity contribution >= 4 is 17.3 Å². The first-order valence-corrected chi connectivity index (χ1v) is 6.54. The molecule has 0 aliphatic rings. The molecule has 0 heterocycles. The minimum atomic E-state index is -0.989. The summed E-state index contributed by atoms with van der Waals surface area (Å²) in [6, 6.07) is 12.4. The molecule has 2 aromatic rings. The summed E-state index contributed by atoms with van der Waals surface area (Å²) in [6.07, 6.45) is 0. The molecule has 0 fully saturated rings. The summed E-state index contributed by atoms with van der Waals surface area (Å²) in [5.74, 6) is -0.187. The fraction of sp³-hybridized carbons (Fsp3) is 0.188. The van der Waals surface area contributed by atoms with Gasteiger partial charge in [-0.25, -0.2) is 4.79 Å². The number of ether oxygens (including phenoxy) is 1. The molecule has 0 aliphatic carbocycles. The number of carboxylic acid groups (broad SMARTS) is 1. The summed E-state index contributed by atoms with van der Waals surface area (Å²) < 4.78 is 5.13. The molecule has 5 heteroatoms. The van der Waals surface area contributed by atoms with E-state index in [0.717, 1.165) is 11.3 Å². The molecular weight excluding hydrogens is 268 g/mol. The Morgan fingerprint density at radius 2 is 1.90 bits per heavy atom. The smallest absolute Gasteiger partial charge is 0.335 e. The second-order valence-electron chi connectivity index (χ2n) is 4.75. The van der Waals surface area contributed by atoms with Gasteiger partial charge in [-0.3, -0.25) is 0 Å². The van der Waals surface area contributed by atoms with Gasteiger partial charge in [0.15, 0.2) is 0 Å². The minimum Gasteiger partial charge on any atom is -0.497 e. The van der Waals surface area contributed by atoms with Crippen molar-refractivity contribution in [1.82, 2.24) is 0 Å². The summed E-state index contributed by atoms with van der Waals surface area (Å²) in [5.41, 5.74) is 8.27. The first-order chi connectivity index (χ1) is 10.0. The quantitative estimate of drug-likeness (QED) is 0.735. The van der Waals surface area contributed by atoms with Crippen LogP contribution in [-0.4, -0.2) is 18.2 Å². The van der Waals surface area contributed by atoms with Crippen molar-refractivity contribution < 1.29 is 14.6 Å². The predicted molar refractivity (Wildman–Crippen MR) is 82.8 cm³/mol. The Hall–Kier alpha value is -2.69. The summed E-state index contributed by atoms with van der Waals surface area (Å²) in [7, 11) is 1.63. The van der Waals surface area contributed by atoms with Crippen LogP contribution in [0.3, 0.4) is 0 Å². The Balaban J connectivity index is 2.14. The third kappa shape index (κ3) is 3.45. The van der Waals surface area contributed by atoms with Crippen molar-refractivity contribution in [2.24, 2.45) is 0 Å². The Labute approximate surface area is 123 Å². The highest BCUT2D eigenvalue weighted by Crippen LogP contribution is 2.26. The highest BCUT2D eigenvalue weighted by molar-refractivity contribution is 5.90. The van der Waals surface area contributed by atoms with Crippen LogP contribution in [0.5, 0.6) is 5.75 Å². The largest absolute Gasteiger partial charge is 0.497 e. The van der Waals surface area contributed by atoms with Crippen LogP contribution in [0.4, 0.5) is 11.4 Å². The van der Waals surface area contributed by atoms with E-state index in [0.29, 0.717) is 11.4 Å². The van der Waals surface area contributed by atoms with Crippen LogP contribution in [0.15, 0.2) is 42.5 Å². The molecule has 0 spiro atoms. The van der Waals surface area contributed by atoms with Gasteiger partial charge in [0.05, 0.1) is 24.0 Å². The zero-order valence-corrected chi connectivity index (χ0v) is 12.0. The number of benzene rings is 2. The Kier molecular flexibility index (Phi) is 4.33. The molecule has 1 atom stereocenters. The third-order valence-corrected chi connectivity index (χ3v) is 3.29. The number of rotatable bonds is 5. The van der Waals surface area contributed by atoms with Gasteiger partial charge in [-0.2, -0.15) is 0 Å². The first-order valence-electron chi connectivity index (χ1n) is 6.54. The Morgan fingerprint density at radius 3 is 2.43 bits per heavy atom. The fourth-order valence-electron chi connectivity index (χ4n) is 2.04. The lowest BCUT2D eigenvalue weighted by Crippen LogP contribution is -2.09. The van der Waals surface area contributed by atoms with E-state index in [2.05, 4.69) is 5.32 Å². The predicted octanol–water partition coefficient (Wildman–Crippen LogP) is 3.15. The number of nitrogens with one attached hydrogen (secondary N) is 1. The van der Waals surface area contributed by atoms with Gasteiger partial charge in [-0.1, -0.05) is 12.1 Å². The Morgan fingerprint density at radius 1 is 1.24 bits per heavy atom. The molecule has 0 bridgehead atoms. The van der Waals surface area contributed by atoms with Crippen molar-refractivity contribution in [2.75, 3.05) is 18.2 Å². The van der Waals surface area contributed by atoms with Crippen LogP contribution in [0.2, 0.25) is 0 Å². The normalized spacial score (nSPS) is 11.7. The monoisotopic (exact) mass is 286 g/mol. The molecule has 2 aromatic carbocycles. The maximum Gasteiger partial charge on any atom is 0.335 e. The van der Waals surface area contributed by atoms with Crippen molar-refractivity contribution in [3.05, 3.63) is 53.6 Å². The maximum absolute atomic E-state index is 10.9. The molecular formula is C16H18N2O3. The van der Waals surface area contributed by atoms with Crippen molar-refractivity contribution in [2.45, 2.75) is 13.0 Å². The van der Waals surface area contributed by atoms with E-state index in [4.69, 9.17) is 15.6 Å². The van der Waals surface area contributed by atoms with Crippen LogP contribution >= 0.6 is 0 Å². The second-order valence-corrected chi connectivity index (χ2v) is 4.75. The second kappa shape index (κ2) is 6.17. The standard InChI is InChI=1S/C16H18N2O3/c1-10(11-3-6-13(21-2)7-4-11)18-15-8-5-12(16(19)20)9-14(15)17/h3-10,18H,17H2,1-2H3,(H,19,20). The highest BCUT2D eigenvalue weighted by atomic mass is 16.5. The molecule has 2 rings (SSSR count). The van der Waals surface area contributed by atoms with Crippen LogP contribution < -0.4 is 15.8 Å². The van der Waals surface area contributed by atoms with E-state index < -0.39 is 5.97 Å². The minimum absolute atomic E-state index is 0.0360. The summed E-state index contributed by atoms with van der Waals surface area (Å²) in [6.45, 7) is 2.01. The van der Waals surface area contributed by atoms with Crippen LogP contribution in [0.25, 0.3) is 0 Å². The van der Waals surface area contributed by atoms with Gasteiger partial charge in [-0.05, 0) is 42.8 Å². The molecule has 4 N–H and O–H groups in total. The lowest BCUT2D eigenvalue weighted by molar-refractivity contribution is 0.0697. The Bertz CT molecular complexity index is 638. The number of hydrogen-bond acceptors (Lipinski definition) is 4. The number of carboxylic acids is 1. The zero-order valence-electron chi connectivity index (χ0n) is 12.0. The summed E-state index contributed by atoms with van der Waals surface area (Å²) in [5, 5.41) is 12.2. The third-order valence-electron chi connectivity index (χ3n) is 3.29. The molecule has 110 valence electrons. The van der Waals surface area contributed by atoms with Gasteiger partial charge in [0.25, 0.3) is 0 Å². The van der Waals surface area contributed by atoms with E-state index in [9.17, 15) is 4.79 Å². The average Bonchev–Trinajstić information content (AvgIpc) is 2.49. The van der Waals surface area contributed by atoms with Gasteiger partial charge in [0, 0.05) is 6.04 Å². The molecule has 0 amide bonds. The van der Waals surface area contributed by atoms with Gasteiger partial charge < -0.3 is 20.9 Å². The number of hydrogen-bond donors (Lipinski definition) is 3. The number of nitrogen functional groups attached to an aromatic ring is 1. The topological polar surface area (TPSA) is 84.6 Å². The van der Waals surface area contributed by atoms with Gasteiger partial charge in [0.1, 0.15) is 5.75 Å². The SMILES string of the molecule is COc1ccc(C(C)Nc2ccc(C(=O)O)cc2N)cc1. The number of aromatic carboxylic acids is 1. The molecule has 21 heavy (non-hydrogen) atoms. The molecule has 0 aromatic heterocycles. The number of nitrogens with two attached hydrogens (primary N) is 1. The molecule has 0 saturated carbocycles. The van der Waals surface area contributed by atoms with Gasteiger partial charge in [0.2, 0.25) is 0 Å². The van der Waals surface area contributed by atoms with Crippen molar-refractivity contribution in [3.8, 4) is 5.75 Å². The number of anilines is 2. The van der Waals surface area contributed by atoms with E-state index >= 15 is 0 Å². The molecule has 5 nitrogen and oxygen atoms in total. The van der Waals surface area contributed by atoms with Crippen LogP contribution in [0, 0.1) is 0 Å². The molecule has 1 unspecified atom stereocenters. The summed E-state index contributed by atoms with van der Waals surface area (Å²) in [4.78, 5) is 10.9. The molecule has 0 aliphatic heterocycles. The van der Waals surface area contributed by atoms with Gasteiger partial charge in [-0.15, -0.1) is 0 Å². The first kappa shape index (κ1) is 14.7. The molecule has 0 saturated heterocycles. The van der Waals surface area contributed by atoms with Crippen molar-refractivity contribution in [3.63, 3.8) is 0 Å². The molecule has 0 radical (unpaired) electrons. The lowest BCUT2D eigenvalue weighted by atomic mass is 10.1. The fourth-order valence-corrected chi connectivity index (χ4v) is 2.04. The number of carbonyl (C=O) groups is 1. The number of methoxy groups -OCH3 is 1. The lowest BCUT2D eigenvalue weighted by Gasteiger charge is -2.17. The maximum atomic E-state index is 10.9. The van der Waals surface area contributed by atoms with Crippen LogP contribution in [0.1, 0.15) is 28.9 Å². The van der Waals surface area contributed by atoms with Crippen LogP contribution in [-0.2, 0) is 0 Å². The van der Waals surface area contributed by atoms with Crippen molar-refractivity contribution in [1.29, 1.82) is 0 Å². The van der Waals surface area contributed by atoms with E-state index in [1.165, 1.54) is 12.1 Å².